The topological polar surface area (TPSA) is 43.9 Å². The molecule has 0 bridgehead atoms. The molecule has 6 heteroatoms. The molecule has 2 aliphatic heterocycles. The summed E-state index contributed by atoms with van der Waals surface area (Å²) < 4.78 is 0. The second kappa shape index (κ2) is 8.97. The fourth-order valence-electron chi connectivity index (χ4n) is 4.24. The Kier molecular flexibility index (Phi) is 6.16. The smallest absolute Gasteiger partial charge is 0.253 e. The third kappa shape index (κ3) is 4.46. The van der Waals surface area contributed by atoms with Crippen molar-refractivity contribution in [2.75, 3.05) is 39.3 Å². The van der Waals surface area contributed by atoms with E-state index in [-0.39, 0.29) is 17.9 Å². The fraction of sp³-hybridized carbons (Fsp3) is 0.391. The quantitative estimate of drug-likeness (QED) is 0.773. The molecule has 0 spiro atoms. The first-order valence-corrected chi connectivity index (χ1v) is 10.6. The van der Waals surface area contributed by atoms with Gasteiger partial charge in [0, 0.05) is 49.9 Å². The lowest BCUT2D eigenvalue weighted by Gasteiger charge is -2.40. The van der Waals surface area contributed by atoms with Crippen LogP contribution in [0.2, 0.25) is 5.02 Å². The molecule has 2 aromatic carbocycles. The molecule has 2 saturated heterocycles. The van der Waals surface area contributed by atoms with Crippen LogP contribution in [0.3, 0.4) is 0 Å². The van der Waals surface area contributed by atoms with Crippen LogP contribution in [0.15, 0.2) is 54.6 Å². The molecule has 0 N–H and O–H groups in total. The number of piperazine rings is 1. The zero-order chi connectivity index (χ0) is 20.2. The maximum Gasteiger partial charge on any atom is 0.253 e. The number of carbonyl (C=O) groups excluding carboxylic acids is 2. The Morgan fingerprint density at radius 3 is 2.14 bits per heavy atom. The predicted molar refractivity (Wildman–Crippen MR) is 114 cm³/mol. The summed E-state index contributed by atoms with van der Waals surface area (Å²) in [5.41, 5.74) is 1.64. The molecule has 29 heavy (non-hydrogen) atoms. The molecular formula is C23H26ClN3O2. The largest absolute Gasteiger partial charge is 0.341 e. The van der Waals surface area contributed by atoms with E-state index in [4.69, 9.17) is 11.6 Å². The van der Waals surface area contributed by atoms with Gasteiger partial charge < -0.3 is 9.80 Å². The number of hydrogen-bond donors (Lipinski definition) is 0. The van der Waals surface area contributed by atoms with Crippen molar-refractivity contribution in [2.45, 2.75) is 18.9 Å². The first-order valence-electron chi connectivity index (χ1n) is 10.3. The Bertz CT molecular complexity index is 859. The number of hydrogen-bond acceptors (Lipinski definition) is 3. The maximum absolute atomic E-state index is 13.3. The Hall–Kier alpha value is -2.37. The van der Waals surface area contributed by atoms with Crippen LogP contribution in [0.4, 0.5) is 0 Å². The van der Waals surface area contributed by atoms with Gasteiger partial charge in [-0.25, -0.2) is 0 Å². The summed E-state index contributed by atoms with van der Waals surface area (Å²) in [6, 6.07) is 16.8. The summed E-state index contributed by atoms with van der Waals surface area (Å²) in [6.07, 6.45) is 2.16. The van der Waals surface area contributed by atoms with Crippen LogP contribution in [0, 0.1) is 0 Å². The Labute approximate surface area is 176 Å². The molecule has 152 valence electrons. The van der Waals surface area contributed by atoms with Gasteiger partial charge >= 0.3 is 0 Å². The molecule has 1 unspecified atom stereocenters. The highest BCUT2D eigenvalue weighted by Crippen LogP contribution is 2.27. The van der Waals surface area contributed by atoms with Crippen LogP contribution < -0.4 is 0 Å². The summed E-state index contributed by atoms with van der Waals surface area (Å²) >= 11 is 6.04. The number of likely N-dealkylation sites (tertiary alicyclic amines) is 1. The summed E-state index contributed by atoms with van der Waals surface area (Å²) in [7, 11) is 0. The fourth-order valence-corrected chi connectivity index (χ4v) is 4.43. The van der Waals surface area contributed by atoms with Crippen LogP contribution in [0.25, 0.3) is 0 Å². The van der Waals surface area contributed by atoms with Gasteiger partial charge in [-0.05, 0) is 36.6 Å². The van der Waals surface area contributed by atoms with E-state index in [1.165, 1.54) is 0 Å². The molecule has 2 aromatic rings. The highest BCUT2D eigenvalue weighted by molar-refractivity contribution is 6.30. The SMILES string of the molecule is O=C(c1cccc(Cl)c1)N1CCN(C(C(=O)N2CCCC2)c2ccccc2)CC1. The number of rotatable bonds is 4. The van der Waals surface area contributed by atoms with Crippen LogP contribution in [0.1, 0.15) is 34.8 Å². The van der Waals surface area contributed by atoms with Crippen LogP contribution in [-0.2, 0) is 4.79 Å². The molecule has 4 rings (SSSR count). The lowest BCUT2D eigenvalue weighted by Crippen LogP contribution is -2.52. The van der Waals surface area contributed by atoms with Gasteiger partial charge in [0.1, 0.15) is 6.04 Å². The van der Waals surface area contributed by atoms with Crippen LogP contribution in [0.5, 0.6) is 0 Å². The van der Waals surface area contributed by atoms with E-state index in [2.05, 4.69) is 4.90 Å². The van der Waals surface area contributed by atoms with Gasteiger partial charge in [0.25, 0.3) is 5.91 Å². The van der Waals surface area contributed by atoms with Gasteiger partial charge in [-0.2, -0.15) is 0 Å². The third-order valence-electron chi connectivity index (χ3n) is 5.81. The van der Waals surface area contributed by atoms with E-state index in [0.29, 0.717) is 36.8 Å². The molecule has 2 amide bonds. The summed E-state index contributed by atoms with van der Waals surface area (Å²) in [4.78, 5) is 32.2. The molecule has 2 aliphatic rings. The van der Waals surface area contributed by atoms with Gasteiger partial charge in [-0.1, -0.05) is 48.0 Å². The Morgan fingerprint density at radius 1 is 0.793 bits per heavy atom. The van der Waals surface area contributed by atoms with Crippen molar-refractivity contribution in [1.82, 2.24) is 14.7 Å². The van der Waals surface area contributed by atoms with Crippen molar-refractivity contribution in [2.24, 2.45) is 0 Å². The van der Waals surface area contributed by atoms with Gasteiger partial charge in [0.15, 0.2) is 0 Å². The van der Waals surface area contributed by atoms with E-state index in [0.717, 1.165) is 31.5 Å². The lowest BCUT2D eigenvalue weighted by atomic mass is 10.0. The van der Waals surface area contributed by atoms with E-state index in [9.17, 15) is 9.59 Å². The van der Waals surface area contributed by atoms with Gasteiger partial charge in [0.2, 0.25) is 5.91 Å². The Morgan fingerprint density at radius 2 is 1.48 bits per heavy atom. The second-order valence-electron chi connectivity index (χ2n) is 7.68. The first-order chi connectivity index (χ1) is 14.1. The molecule has 0 radical (unpaired) electrons. The van der Waals surface area contributed by atoms with Gasteiger partial charge in [-0.3, -0.25) is 14.5 Å². The zero-order valence-electron chi connectivity index (χ0n) is 16.5. The Balaban J connectivity index is 1.48. The molecule has 2 heterocycles. The molecule has 0 aromatic heterocycles. The minimum absolute atomic E-state index is 0.00530. The van der Waals surface area contributed by atoms with Crippen LogP contribution in [-0.4, -0.2) is 65.8 Å². The minimum Gasteiger partial charge on any atom is -0.341 e. The average Bonchev–Trinajstić information content (AvgIpc) is 3.30. The molecule has 5 nitrogen and oxygen atoms in total. The van der Waals surface area contributed by atoms with E-state index >= 15 is 0 Å². The molecular weight excluding hydrogens is 386 g/mol. The van der Waals surface area contributed by atoms with E-state index in [1.54, 1.807) is 24.3 Å². The second-order valence-corrected chi connectivity index (χ2v) is 8.12. The van der Waals surface area contributed by atoms with Crippen molar-refractivity contribution >= 4 is 23.4 Å². The molecule has 2 fully saturated rings. The van der Waals surface area contributed by atoms with Crippen molar-refractivity contribution in [3.05, 3.63) is 70.7 Å². The van der Waals surface area contributed by atoms with Crippen molar-refractivity contribution < 1.29 is 9.59 Å². The number of halogens is 1. The minimum atomic E-state index is -0.280. The lowest BCUT2D eigenvalue weighted by molar-refractivity contribution is -0.136. The molecule has 0 saturated carbocycles. The van der Waals surface area contributed by atoms with Crippen molar-refractivity contribution in [3.63, 3.8) is 0 Å². The van der Waals surface area contributed by atoms with Crippen LogP contribution >= 0.6 is 11.6 Å². The maximum atomic E-state index is 13.3. The first kappa shape index (κ1) is 19.9. The monoisotopic (exact) mass is 411 g/mol. The highest BCUT2D eigenvalue weighted by atomic mass is 35.5. The predicted octanol–water partition coefficient (Wildman–Crippen LogP) is 3.46. The molecule has 1 atom stereocenters. The van der Waals surface area contributed by atoms with Crippen molar-refractivity contribution in [3.8, 4) is 0 Å². The summed E-state index contributed by atoms with van der Waals surface area (Å²) in [5, 5.41) is 0.565. The average molecular weight is 412 g/mol. The normalized spacial score (nSPS) is 18.7. The number of amides is 2. The summed E-state index contributed by atoms with van der Waals surface area (Å²) in [6.45, 7) is 4.23. The number of carbonyl (C=O) groups is 2. The van der Waals surface area contributed by atoms with E-state index in [1.807, 2.05) is 40.1 Å². The van der Waals surface area contributed by atoms with E-state index < -0.39 is 0 Å². The summed E-state index contributed by atoms with van der Waals surface area (Å²) in [5.74, 6) is 0.178. The zero-order valence-corrected chi connectivity index (χ0v) is 17.2. The molecule has 0 aliphatic carbocycles. The van der Waals surface area contributed by atoms with Crippen molar-refractivity contribution in [1.29, 1.82) is 0 Å². The standard InChI is InChI=1S/C23H26ClN3O2/c24-20-10-6-9-19(17-20)22(28)27-15-13-25(14-16-27)21(18-7-2-1-3-8-18)23(29)26-11-4-5-12-26/h1-3,6-10,17,21H,4-5,11-16H2. The van der Waals surface area contributed by atoms with Gasteiger partial charge in [-0.15, -0.1) is 0 Å². The number of nitrogens with zero attached hydrogens (tertiary/aromatic N) is 3. The van der Waals surface area contributed by atoms with Gasteiger partial charge in [0.05, 0.1) is 0 Å². The third-order valence-corrected chi connectivity index (χ3v) is 6.04. The number of benzene rings is 2. The highest BCUT2D eigenvalue weighted by Gasteiger charge is 2.35.